The molecule has 1 aliphatic rings. The van der Waals surface area contributed by atoms with Crippen molar-refractivity contribution in [2.45, 2.75) is 32.6 Å². The Morgan fingerprint density at radius 3 is 2.79 bits per heavy atom. The SMILES string of the molecule is CCC#CCOc1ncnc(N2CCCCC2)c1F. The standard InChI is InChI=1S/C14H18FN3O/c1-2-3-7-10-19-14-12(15)13(16-11-17-14)18-8-5-4-6-9-18/h11H,2,4-6,8-10H2,1H3. The van der Waals surface area contributed by atoms with Gasteiger partial charge in [0.05, 0.1) is 0 Å². The van der Waals surface area contributed by atoms with Crippen molar-refractivity contribution in [2.75, 3.05) is 24.6 Å². The van der Waals surface area contributed by atoms with Crippen molar-refractivity contribution in [2.24, 2.45) is 0 Å². The third kappa shape index (κ3) is 3.57. The number of hydrogen-bond acceptors (Lipinski definition) is 4. The lowest BCUT2D eigenvalue weighted by molar-refractivity contribution is 0.330. The second-order valence-corrected chi connectivity index (χ2v) is 4.36. The van der Waals surface area contributed by atoms with Gasteiger partial charge in [-0.15, -0.1) is 5.92 Å². The molecule has 1 aliphatic heterocycles. The highest BCUT2D eigenvalue weighted by Gasteiger charge is 2.19. The van der Waals surface area contributed by atoms with E-state index in [-0.39, 0.29) is 12.5 Å². The van der Waals surface area contributed by atoms with Crippen molar-refractivity contribution in [3.8, 4) is 17.7 Å². The summed E-state index contributed by atoms with van der Waals surface area (Å²) in [5.41, 5.74) is 0. The molecule has 102 valence electrons. The molecule has 1 aromatic heterocycles. The van der Waals surface area contributed by atoms with Crippen LogP contribution in [0.25, 0.3) is 0 Å². The van der Waals surface area contributed by atoms with Gasteiger partial charge in [0.25, 0.3) is 5.88 Å². The van der Waals surface area contributed by atoms with Gasteiger partial charge in [-0.05, 0) is 19.3 Å². The highest BCUT2D eigenvalue weighted by Crippen LogP contribution is 2.25. The van der Waals surface area contributed by atoms with E-state index < -0.39 is 5.82 Å². The molecule has 0 N–H and O–H groups in total. The second kappa shape index (κ2) is 6.93. The van der Waals surface area contributed by atoms with E-state index in [1.54, 1.807) is 0 Å². The summed E-state index contributed by atoms with van der Waals surface area (Å²) < 4.78 is 19.5. The van der Waals surface area contributed by atoms with E-state index >= 15 is 0 Å². The summed E-state index contributed by atoms with van der Waals surface area (Å²) in [6, 6.07) is 0. The van der Waals surface area contributed by atoms with Crippen molar-refractivity contribution in [1.29, 1.82) is 0 Å². The highest BCUT2D eigenvalue weighted by molar-refractivity contribution is 5.43. The third-order valence-electron chi connectivity index (χ3n) is 2.98. The molecule has 0 aromatic carbocycles. The van der Waals surface area contributed by atoms with E-state index in [0.29, 0.717) is 5.82 Å². The minimum Gasteiger partial charge on any atom is -0.462 e. The molecule has 0 bridgehead atoms. The third-order valence-corrected chi connectivity index (χ3v) is 2.98. The number of ether oxygens (including phenoxy) is 1. The Balaban J connectivity index is 2.08. The monoisotopic (exact) mass is 263 g/mol. The van der Waals surface area contributed by atoms with Crippen molar-refractivity contribution in [3.05, 3.63) is 12.1 Å². The van der Waals surface area contributed by atoms with Crippen molar-refractivity contribution < 1.29 is 9.13 Å². The zero-order chi connectivity index (χ0) is 13.5. The molecule has 2 heterocycles. The smallest absolute Gasteiger partial charge is 0.256 e. The number of hydrogen-bond donors (Lipinski definition) is 0. The van der Waals surface area contributed by atoms with E-state index in [1.807, 2.05) is 11.8 Å². The average molecular weight is 263 g/mol. The predicted molar refractivity (Wildman–Crippen MR) is 71.6 cm³/mol. The maximum absolute atomic E-state index is 14.2. The van der Waals surface area contributed by atoms with Gasteiger partial charge >= 0.3 is 0 Å². The molecule has 2 rings (SSSR count). The van der Waals surface area contributed by atoms with Gasteiger partial charge in [-0.1, -0.05) is 12.8 Å². The van der Waals surface area contributed by atoms with Crippen LogP contribution < -0.4 is 9.64 Å². The Morgan fingerprint density at radius 1 is 1.26 bits per heavy atom. The first-order chi connectivity index (χ1) is 9.33. The molecule has 1 saturated heterocycles. The van der Waals surface area contributed by atoms with Crippen LogP contribution in [0.3, 0.4) is 0 Å². The molecule has 0 atom stereocenters. The summed E-state index contributed by atoms with van der Waals surface area (Å²) in [6.45, 7) is 3.78. The molecule has 0 aliphatic carbocycles. The zero-order valence-corrected chi connectivity index (χ0v) is 11.2. The fourth-order valence-corrected chi connectivity index (χ4v) is 2.05. The summed E-state index contributed by atoms with van der Waals surface area (Å²) in [5, 5.41) is 0. The van der Waals surface area contributed by atoms with Gasteiger partial charge in [-0.3, -0.25) is 0 Å². The maximum Gasteiger partial charge on any atom is 0.256 e. The zero-order valence-electron chi connectivity index (χ0n) is 11.2. The van der Waals surface area contributed by atoms with Crippen LogP contribution in [0.15, 0.2) is 6.33 Å². The van der Waals surface area contributed by atoms with Crippen LogP contribution in [0.5, 0.6) is 5.88 Å². The van der Waals surface area contributed by atoms with Gasteiger partial charge in [-0.2, -0.15) is 9.37 Å². The summed E-state index contributed by atoms with van der Waals surface area (Å²) in [5.74, 6) is 5.51. The van der Waals surface area contributed by atoms with E-state index in [4.69, 9.17) is 4.74 Å². The highest BCUT2D eigenvalue weighted by atomic mass is 19.1. The van der Waals surface area contributed by atoms with Crippen LogP contribution in [0, 0.1) is 17.7 Å². The van der Waals surface area contributed by atoms with Crippen molar-refractivity contribution in [3.63, 3.8) is 0 Å². The molecule has 0 saturated carbocycles. The summed E-state index contributed by atoms with van der Waals surface area (Å²) in [4.78, 5) is 9.81. The molecule has 0 radical (unpaired) electrons. The number of aromatic nitrogens is 2. The summed E-state index contributed by atoms with van der Waals surface area (Å²) >= 11 is 0. The molecule has 0 unspecified atom stereocenters. The van der Waals surface area contributed by atoms with Crippen LogP contribution in [0.1, 0.15) is 32.6 Å². The fraction of sp³-hybridized carbons (Fsp3) is 0.571. The number of anilines is 1. The van der Waals surface area contributed by atoms with E-state index in [2.05, 4.69) is 21.8 Å². The van der Waals surface area contributed by atoms with Crippen LogP contribution in [-0.2, 0) is 0 Å². The Morgan fingerprint density at radius 2 is 2.05 bits per heavy atom. The summed E-state index contributed by atoms with van der Waals surface area (Å²) in [7, 11) is 0. The van der Waals surface area contributed by atoms with E-state index in [0.717, 1.165) is 32.4 Å². The van der Waals surface area contributed by atoms with Gasteiger partial charge in [0, 0.05) is 19.5 Å². The second-order valence-electron chi connectivity index (χ2n) is 4.36. The average Bonchev–Trinajstić information content (AvgIpc) is 2.46. The van der Waals surface area contributed by atoms with Gasteiger partial charge in [0.2, 0.25) is 5.82 Å². The van der Waals surface area contributed by atoms with Gasteiger partial charge in [0.15, 0.2) is 12.4 Å². The van der Waals surface area contributed by atoms with Gasteiger partial charge in [0.1, 0.15) is 6.33 Å². The quantitative estimate of drug-likeness (QED) is 0.785. The largest absolute Gasteiger partial charge is 0.462 e. The molecule has 19 heavy (non-hydrogen) atoms. The maximum atomic E-state index is 14.2. The lowest BCUT2D eigenvalue weighted by Gasteiger charge is -2.27. The van der Waals surface area contributed by atoms with Crippen molar-refractivity contribution >= 4 is 5.82 Å². The Kier molecular flexibility index (Phi) is 4.96. The molecule has 1 aromatic rings. The molecule has 0 amide bonds. The van der Waals surface area contributed by atoms with Crippen LogP contribution >= 0.6 is 0 Å². The minimum atomic E-state index is -0.484. The Bertz CT molecular complexity index is 475. The first-order valence-electron chi connectivity index (χ1n) is 6.67. The van der Waals surface area contributed by atoms with Crippen molar-refractivity contribution in [1.82, 2.24) is 9.97 Å². The molecule has 4 nitrogen and oxygen atoms in total. The molecular formula is C14H18FN3O. The Hall–Kier alpha value is -1.83. The molecule has 1 fully saturated rings. The lowest BCUT2D eigenvalue weighted by atomic mass is 10.1. The summed E-state index contributed by atoms with van der Waals surface area (Å²) in [6.07, 6.45) is 5.44. The van der Waals surface area contributed by atoms with Gasteiger partial charge < -0.3 is 9.64 Å². The van der Waals surface area contributed by atoms with E-state index in [1.165, 1.54) is 12.7 Å². The number of halogens is 1. The topological polar surface area (TPSA) is 38.3 Å². The number of nitrogens with zero attached hydrogens (tertiary/aromatic N) is 3. The van der Waals surface area contributed by atoms with Crippen LogP contribution in [0.4, 0.5) is 10.2 Å². The number of piperidine rings is 1. The van der Waals surface area contributed by atoms with Gasteiger partial charge in [-0.25, -0.2) is 4.98 Å². The molecular weight excluding hydrogens is 245 g/mol. The van der Waals surface area contributed by atoms with Crippen LogP contribution in [0.2, 0.25) is 0 Å². The predicted octanol–water partition coefficient (Wildman–Crippen LogP) is 2.40. The normalized spacial score (nSPS) is 14.7. The van der Waals surface area contributed by atoms with Crippen LogP contribution in [-0.4, -0.2) is 29.7 Å². The Labute approximate surface area is 113 Å². The van der Waals surface area contributed by atoms with E-state index in [9.17, 15) is 4.39 Å². The minimum absolute atomic E-state index is 0.0130. The fourth-order valence-electron chi connectivity index (χ4n) is 2.05. The first-order valence-corrected chi connectivity index (χ1v) is 6.67. The lowest BCUT2D eigenvalue weighted by Crippen LogP contribution is -2.31. The molecule has 0 spiro atoms. The number of rotatable bonds is 3. The molecule has 5 heteroatoms. The first kappa shape index (κ1) is 13.6.